The smallest absolute Gasteiger partial charge is 0.247 e. The lowest BCUT2D eigenvalue weighted by Gasteiger charge is -2.28. The van der Waals surface area contributed by atoms with E-state index in [1.54, 1.807) is 42.6 Å². The lowest BCUT2D eigenvalue weighted by Crippen LogP contribution is -2.43. The number of aromatic nitrogens is 1. The summed E-state index contributed by atoms with van der Waals surface area (Å²) in [6.07, 6.45) is 4.91. The molecule has 0 spiro atoms. The van der Waals surface area contributed by atoms with E-state index in [2.05, 4.69) is 15.6 Å². The van der Waals surface area contributed by atoms with Crippen LogP contribution in [0.2, 0.25) is 0 Å². The third-order valence-corrected chi connectivity index (χ3v) is 6.91. The molecule has 1 atom stereocenters. The maximum Gasteiger partial charge on any atom is 0.247 e. The Morgan fingerprint density at radius 1 is 1.05 bits per heavy atom. The molecule has 3 aromatic rings. The minimum absolute atomic E-state index is 0.0386. The van der Waals surface area contributed by atoms with Crippen LogP contribution in [0.25, 0.3) is 11.1 Å². The highest BCUT2D eigenvalue weighted by atomic mass is 19.1. The van der Waals surface area contributed by atoms with Gasteiger partial charge in [-0.3, -0.25) is 14.6 Å². The SMILES string of the molecule is N#Cc1ccc(-c2cccc(C(NC(=O)[C@H]3CC[C@H](CN)CC3)C(=O)NCc3ccccn3)c2)cc1F. The molecular weight excluding hydrogens is 469 g/mol. The summed E-state index contributed by atoms with van der Waals surface area (Å²) in [5.41, 5.74) is 8.26. The van der Waals surface area contributed by atoms with Gasteiger partial charge in [-0.15, -0.1) is 0 Å². The van der Waals surface area contributed by atoms with Crippen molar-refractivity contribution in [3.05, 3.63) is 89.5 Å². The van der Waals surface area contributed by atoms with Crippen molar-refractivity contribution in [2.24, 2.45) is 17.6 Å². The largest absolute Gasteiger partial charge is 0.348 e. The molecule has 0 saturated heterocycles. The first kappa shape index (κ1) is 26.0. The Bertz CT molecular complexity index is 1280. The van der Waals surface area contributed by atoms with Crippen molar-refractivity contribution in [1.29, 1.82) is 5.26 Å². The molecule has 0 radical (unpaired) electrons. The molecule has 0 bridgehead atoms. The molecule has 1 unspecified atom stereocenters. The topological polar surface area (TPSA) is 121 Å². The van der Waals surface area contributed by atoms with Gasteiger partial charge in [0.05, 0.1) is 17.8 Å². The molecule has 4 N–H and O–H groups in total. The number of hydrogen-bond donors (Lipinski definition) is 3. The van der Waals surface area contributed by atoms with Gasteiger partial charge >= 0.3 is 0 Å². The molecule has 2 aromatic carbocycles. The molecule has 1 fully saturated rings. The zero-order valence-electron chi connectivity index (χ0n) is 20.5. The van der Waals surface area contributed by atoms with E-state index in [1.165, 1.54) is 12.1 Å². The molecule has 7 nitrogen and oxygen atoms in total. The third-order valence-electron chi connectivity index (χ3n) is 6.91. The van der Waals surface area contributed by atoms with Crippen molar-refractivity contribution in [3.63, 3.8) is 0 Å². The fourth-order valence-corrected chi connectivity index (χ4v) is 4.69. The first-order valence-electron chi connectivity index (χ1n) is 12.5. The summed E-state index contributed by atoms with van der Waals surface area (Å²) in [6.45, 7) is 0.837. The van der Waals surface area contributed by atoms with Gasteiger partial charge in [-0.25, -0.2) is 4.39 Å². The number of pyridine rings is 1. The van der Waals surface area contributed by atoms with E-state index in [9.17, 15) is 14.0 Å². The number of benzene rings is 2. The quantitative estimate of drug-likeness (QED) is 0.433. The fraction of sp³-hybridized carbons (Fsp3) is 0.310. The number of nitrogens with one attached hydrogen (secondary N) is 2. The number of amides is 2. The van der Waals surface area contributed by atoms with Gasteiger partial charge in [0.15, 0.2) is 0 Å². The summed E-state index contributed by atoms with van der Waals surface area (Å²) < 4.78 is 14.3. The van der Waals surface area contributed by atoms with Crippen molar-refractivity contribution in [2.75, 3.05) is 6.54 Å². The van der Waals surface area contributed by atoms with Gasteiger partial charge in [0.25, 0.3) is 0 Å². The first-order chi connectivity index (χ1) is 18.0. The number of rotatable bonds is 8. The van der Waals surface area contributed by atoms with Crippen molar-refractivity contribution in [3.8, 4) is 17.2 Å². The Morgan fingerprint density at radius 3 is 2.51 bits per heavy atom. The normalized spacial score (nSPS) is 17.9. The van der Waals surface area contributed by atoms with Gasteiger partial charge < -0.3 is 16.4 Å². The van der Waals surface area contributed by atoms with Gasteiger partial charge in [0.2, 0.25) is 11.8 Å². The Labute approximate surface area is 215 Å². The summed E-state index contributed by atoms with van der Waals surface area (Å²) in [5, 5.41) is 14.9. The average Bonchev–Trinajstić information content (AvgIpc) is 2.95. The van der Waals surface area contributed by atoms with Crippen LogP contribution in [0.15, 0.2) is 66.9 Å². The van der Waals surface area contributed by atoms with Gasteiger partial charge in [-0.1, -0.05) is 30.3 Å². The highest BCUT2D eigenvalue weighted by Gasteiger charge is 2.30. The minimum Gasteiger partial charge on any atom is -0.348 e. The van der Waals surface area contributed by atoms with Crippen LogP contribution >= 0.6 is 0 Å². The van der Waals surface area contributed by atoms with Crippen LogP contribution in [0, 0.1) is 29.0 Å². The Hall–Kier alpha value is -4.09. The van der Waals surface area contributed by atoms with Gasteiger partial charge in [-0.2, -0.15) is 5.26 Å². The lowest BCUT2D eigenvalue weighted by molar-refractivity contribution is -0.132. The molecule has 2 amide bonds. The van der Waals surface area contributed by atoms with Crippen LogP contribution in [0.5, 0.6) is 0 Å². The lowest BCUT2D eigenvalue weighted by atomic mass is 9.81. The molecule has 4 rings (SSSR count). The number of carbonyl (C=O) groups excluding carboxylic acids is 2. The minimum atomic E-state index is -0.938. The van der Waals surface area contributed by atoms with Crippen molar-refractivity contribution >= 4 is 11.8 Å². The number of nitriles is 1. The summed E-state index contributed by atoms with van der Waals surface area (Å²) >= 11 is 0. The Kier molecular flexibility index (Phi) is 8.60. The summed E-state index contributed by atoms with van der Waals surface area (Å²) in [6, 6.07) is 17.8. The van der Waals surface area contributed by atoms with Gasteiger partial charge in [0.1, 0.15) is 17.9 Å². The summed E-state index contributed by atoms with van der Waals surface area (Å²) in [5.74, 6) is -0.881. The second-order valence-corrected chi connectivity index (χ2v) is 9.37. The van der Waals surface area contributed by atoms with Crippen LogP contribution in [-0.4, -0.2) is 23.3 Å². The number of carbonyl (C=O) groups is 2. The highest BCUT2D eigenvalue weighted by molar-refractivity contribution is 5.89. The van der Waals surface area contributed by atoms with Crippen LogP contribution in [-0.2, 0) is 16.1 Å². The molecular formula is C29H30FN5O2. The second kappa shape index (κ2) is 12.2. The van der Waals surface area contributed by atoms with Gasteiger partial charge in [0, 0.05) is 12.1 Å². The number of hydrogen-bond acceptors (Lipinski definition) is 5. The van der Waals surface area contributed by atoms with Crippen molar-refractivity contribution in [2.45, 2.75) is 38.3 Å². The van der Waals surface area contributed by atoms with E-state index < -0.39 is 11.9 Å². The highest BCUT2D eigenvalue weighted by Crippen LogP contribution is 2.30. The first-order valence-corrected chi connectivity index (χ1v) is 12.5. The van der Waals surface area contributed by atoms with Crippen LogP contribution in [0.3, 0.4) is 0 Å². The molecule has 37 heavy (non-hydrogen) atoms. The zero-order chi connectivity index (χ0) is 26.2. The van der Waals surface area contributed by atoms with Crippen LogP contribution in [0.1, 0.15) is 48.5 Å². The molecule has 1 heterocycles. The standard InChI is InChI=1S/C29H30FN5O2/c30-26-15-22(11-12-24(26)17-32)21-4-3-5-23(14-21)27(29(37)34-18-25-6-1-2-13-33-25)35-28(36)20-9-7-19(16-31)8-10-20/h1-6,11-15,19-20,27H,7-10,16,18,31H2,(H,34,37)(H,35,36)/t19-,20-,27?. The van der Waals surface area contributed by atoms with Crippen molar-refractivity contribution < 1.29 is 14.0 Å². The second-order valence-electron chi connectivity index (χ2n) is 9.37. The molecule has 1 aromatic heterocycles. The maximum absolute atomic E-state index is 14.3. The predicted molar refractivity (Wildman–Crippen MR) is 138 cm³/mol. The third kappa shape index (κ3) is 6.57. The average molecular weight is 500 g/mol. The van der Waals surface area contributed by atoms with E-state index >= 15 is 0 Å². The van der Waals surface area contributed by atoms with Crippen molar-refractivity contribution in [1.82, 2.24) is 15.6 Å². The molecule has 190 valence electrons. The van der Waals surface area contributed by atoms with E-state index in [0.717, 1.165) is 25.7 Å². The predicted octanol–water partition coefficient (Wildman–Crippen LogP) is 4.00. The van der Waals surface area contributed by atoms with E-state index in [1.807, 2.05) is 18.2 Å². The molecule has 1 aliphatic carbocycles. The summed E-state index contributed by atoms with van der Waals surface area (Å²) in [4.78, 5) is 30.8. The monoisotopic (exact) mass is 499 g/mol. The van der Waals surface area contributed by atoms with E-state index in [-0.39, 0.29) is 29.8 Å². The maximum atomic E-state index is 14.3. The molecule has 1 saturated carbocycles. The Morgan fingerprint density at radius 2 is 1.84 bits per heavy atom. The van der Waals surface area contributed by atoms with Crippen LogP contribution in [0.4, 0.5) is 4.39 Å². The number of halogens is 1. The zero-order valence-corrected chi connectivity index (χ0v) is 20.5. The number of nitrogens with two attached hydrogens (primary N) is 1. The van der Waals surface area contributed by atoms with Gasteiger partial charge in [-0.05, 0) is 85.2 Å². The number of nitrogens with zero attached hydrogens (tertiary/aromatic N) is 2. The van der Waals surface area contributed by atoms with Crippen LogP contribution < -0.4 is 16.4 Å². The van der Waals surface area contributed by atoms with E-state index in [4.69, 9.17) is 11.0 Å². The van der Waals surface area contributed by atoms with E-state index in [0.29, 0.717) is 34.8 Å². The molecule has 0 aliphatic heterocycles. The Balaban J connectivity index is 1.57. The molecule has 1 aliphatic rings. The fourth-order valence-electron chi connectivity index (χ4n) is 4.69. The summed E-state index contributed by atoms with van der Waals surface area (Å²) in [7, 11) is 0. The molecule has 8 heteroatoms.